The Balaban J connectivity index is 1.62. The number of rotatable bonds is 6. The minimum Gasteiger partial charge on any atom is -0.486 e. The molecule has 0 radical (unpaired) electrons. The van der Waals surface area contributed by atoms with Crippen LogP contribution in [-0.2, 0) is 11.3 Å². The third kappa shape index (κ3) is 4.32. The van der Waals surface area contributed by atoms with Gasteiger partial charge >= 0.3 is 0 Å². The maximum atomic E-state index is 12.4. The summed E-state index contributed by atoms with van der Waals surface area (Å²) in [5, 5.41) is 12.1. The number of amides is 1. The van der Waals surface area contributed by atoms with Gasteiger partial charge in [0.2, 0.25) is 0 Å². The van der Waals surface area contributed by atoms with E-state index in [9.17, 15) is 10.1 Å². The molecule has 0 saturated carbocycles. The van der Waals surface area contributed by atoms with Gasteiger partial charge in [0.25, 0.3) is 5.91 Å². The van der Waals surface area contributed by atoms with Gasteiger partial charge in [-0.15, -0.1) is 0 Å². The Morgan fingerprint density at radius 3 is 2.73 bits per heavy atom. The Labute approximate surface area is 152 Å². The molecule has 0 fully saturated rings. The van der Waals surface area contributed by atoms with E-state index in [4.69, 9.17) is 9.47 Å². The summed E-state index contributed by atoms with van der Waals surface area (Å²) in [6, 6.07) is 15.1. The van der Waals surface area contributed by atoms with Crippen molar-refractivity contribution in [1.82, 2.24) is 0 Å². The molecule has 2 aromatic carbocycles. The second-order valence-electron chi connectivity index (χ2n) is 6.13. The largest absolute Gasteiger partial charge is 0.486 e. The summed E-state index contributed by atoms with van der Waals surface area (Å²) >= 11 is 0. The molecule has 1 unspecified atom stereocenters. The first-order chi connectivity index (χ1) is 12.7. The fraction of sp³-hybridized carbons (Fsp3) is 0.300. The highest BCUT2D eigenvalue weighted by Gasteiger charge is 2.17. The number of ether oxygens (including phenoxy) is 2. The Kier molecular flexibility index (Phi) is 5.72. The lowest BCUT2D eigenvalue weighted by Crippen LogP contribution is -3.11. The maximum Gasteiger partial charge on any atom is 0.279 e. The van der Waals surface area contributed by atoms with Crippen LogP contribution in [0.3, 0.4) is 0 Å². The number of hydrogen-bond acceptors (Lipinski definition) is 4. The van der Waals surface area contributed by atoms with Crippen molar-refractivity contribution >= 4 is 11.6 Å². The lowest BCUT2D eigenvalue weighted by molar-refractivity contribution is -0.903. The lowest BCUT2D eigenvalue weighted by Gasteiger charge is -2.20. The van der Waals surface area contributed by atoms with Crippen molar-refractivity contribution in [1.29, 1.82) is 5.26 Å². The fourth-order valence-corrected chi connectivity index (χ4v) is 2.92. The molecule has 1 atom stereocenters. The minimum absolute atomic E-state index is 0.0760. The molecule has 1 amide bonds. The van der Waals surface area contributed by atoms with Gasteiger partial charge in [0.15, 0.2) is 18.0 Å². The number of fused-ring (bicyclic) bond motifs is 1. The van der Waals surface area contributed by atoms with Gasteiger partial charge in [-0.1, -0.05) is 18.2 Å². The van der Waals surface area contributed by atoms with Gasteiger partial charge in [0, 0.05) is 17.3 Å². The highest BCUT2D eigenvalue weighted by Crippen LogP contribution is 2.32. The summed E-state index contributed by atoms with van der Waals surface area (Å²) < 4.78 is 11.0. The fourth-order valence-electron chi connectivity index (χ4n) is 2.92. The smallest absolute Gasteiger partial charge is 0.279 e. The molecule has 0 saturated heterocycles. The van der Waals surface area contributed by atoms with Gasteiger partial charge in [-0.3, -0.25) is 4.79 Å². The minimum atomic E-state index is -0.0760. The van der Waals surface area contributed by atoms with E-state index in [0.717, 1.165) is 17.0 Å². The number of carbonyl (C=O) groups excluding carboxylic acids is 1. The third-order valence-electron chi connectivity index (χ3n) is 4.31. The average Bonchev–Trinajstić information content (AvgIpc) is 2.67. The highest BCUT2D eigenvalue weighted by atomic mass is 16.6. The summed E-state index contributed by atoms with van der Waals surface area (Å²) in [5.41, 5.74) is 2.30. The van der Waals surface area contributed by atoms with Gasteiger partial charge in [-0.25, -0.2) is 0 Å². The van der Waals surface area contributed by atoms with Crippen LogP contribution >= 0.6 is 0 Å². The Bertz CT molecular complexity index is 829. The van der Waals surface area contributed by atoms with Crippen molar-refractivity contribution in [2.75, 3.05) is 31.6 Å². The quantitative estimate of drug-likeness (QED) is 0.823. The Hall–Kier alpha value is -3.04. The molecule has 6 nitrogen and oxygen atoms in total. The van der Waals surface area contributed by atoms with E-state index in [2.05, 4.69) is 11.4 Å². The van der Waals surface area contributed by atoms with Crippen LogP contribution in [0.4, 0.5) is 5.69 Å². The number of hydrogen-bond donors (Lipinski definition) is 2. The van der Waals surface area contributed by atoms with E-state index in [0.29, 0.717) is 49.1 Å². The Morgan fingerprint density at radius 2 is 1.96 bits per heavy atom. The van der Waals surface area contributed by atoms with Gasteiger partial charge in [-0.2, -0.15) is 5.26 Å². The third-order valence-corrected chi connectivity index (χ3v) is 4.31. The number of anilines is 1. The number of likely N-dealkylation sites (N-methyl/N-ethyl adjacent to an activating group) is 1. The predicted molar refractivity (Wildman–Crippen MR) is 97.3 cm³/mol. The molecule has 3 rings (SSSR count). The van der Waals surface area contributed by atoms with Crippen LogP contribution in [0.5, 0.6) is 11.5 Å². The molecular formula is C20H22N3O3+. The number of carbonyl (C=O) groups is 1. The lowest BCUT2D eigenvalue weighted by atomic mass is 10.1. The van der Waals surface area contributed by atoms with Crippen LogP contribution in [-0.4, -0.2) is 32.2 Å². The van der Waals surface area contributed by atoms with Gasteiger partial charge in [-0.05, 0) is 25.1 Å². The second-order valence-corrected chi connectivity index (χ2v) is 6.13. The normalized spacial score (nSPS) is 13.5. The van der Waals surface area contributed by atoms with E-state index in [-0.39, 0.29) is 5.91 Å². The summed E-state index contributed by atoms with van der Waals surface area (Å²) in [6.07, 6.45) is 0. The molecule has 0 bridgehead atoms. The summed E-state index contributed by atoms with van der Waals surface area (Å²) in [7, 11) is 0. The standard InChI is InChI=1S/C20H21N3O3/c1-2-23(13-16-6-4-3-5-15(16)12-21)14-20(24)22-17-7-8-18-19(11-17)26-10-9-25-18/h3-8,11H,2,9-10,13-14H2,1H3,(H,22,24)/p+1. The molecule has 0 aromatic heterocycles. The van der Waals surface area contributed by atoms with E-state index in [1.54, 1.807) is 18.2 Å². The zero-order valence-electron chi connectivity index (χ0n) is 14.7. The van der Waals surface area contributed by atoms with Crippen LogP contribution in [0.25, 0.3) is 0 Å². The number of quaternary nitrogens is 1. The van der Waals surface area contributed by atoms with Crippen molar-refractivity contribution in [3.8, 4) is 17.6 Å². The van der Waals surface area contributed by atoms with Crippen molar-refractivity contribution in [3.05, 3.63) is 53.6 Å². The van der Waals surface area contributed by atoms with Crippen LogP contribution < -0.4 is 19.7 Å². The summed E-state index contributed by atoms with van der Waals surface area (Å²) in [4.78, 5) is 13.5. The average molecular weight is 352 g/mol. The number of nitrogens with one attached hydrogen (secondary N) is 2. The van der Waals surface area contributed by atoms with Crippen molar-refractivity contribution < 1.29 is 19.2 Å². The predicted octanol–water partition coefficient (Wildman–Crippen LogP) is 1.37. The zero-order chi connectivity index (χ0) is 18.4. The van der Waals surface area contributed by atoms with Gasteiger partial charge < -0.3 is 19.7 Å². The van der Waals surface area contributed by atoms with E-state index < -0.39 is 0 Å². The molecule has 2 N–H and O–H groups in total. The molecule has 26 heavy (non-hydrogen) atoms. The molecule has 1 aliphatic rings. The second kappa shape index (κ2) is 8.37. The number of nitrogens with zero attached hydrogens (tertiary/aromatic N) is 1. The summed E-state index contributed by atoms with van der Waals surface area (Å²) in [5.74, 6) is 1.27. The molecule has 2 aromatic rings. The first-order valence-corrected chi connectivity index (χ1v) is 8.70. The monoisotopic (exact) mass is 352 g/mol. The van der Waals surface area contributed by atoms with E-state index in [1.165, 1.54) is 0 Å². The van der Waals surface area contributed by atoms with Crippen LogP contribution in [0.1, 0.15) is 18.1 Å². The number of benzene rings is 2. The first-order valence-electron chi connectivity index (χ1n) is 8.70. The number of nitriles is 1. The molecular weight excluding hydrogens is 330 g/mol. The van der Waals surface area contributed by atoms with Crippen molar-refractivity contribution in [2.24, 2.45) is 0 Å². The van der Waals surface area contributed by atoms with Crippen molar-refractivity contribution in [3.63, 3.8) is 0 Å². The zero-order valence-corrected chi connectivity index (χ0v) is 14.7. The first kappa shape index (κ1) is 17.8. The maximum absolute atomic E-state index is 12.4. The SMILES string of the molecule is CC[NH+](CC(=O)Nc1ccc2c(c1)OCCO2)Cc1ccccc1C#N. The van der Waals surface area contributed by atoms with Crippen LogP contribution in [0.2, 0.25) is 0 Å². The highest BCUT2D eigenvalue weighted by molar-refractivity contribution is 5.91. The molecule has 1 aliphatic heterocycles. The van der Waals surface area contributed by atoms with E-state index >= 15 is 0 Å². The summed E-state index contributed by atoms with van der Waals surface area (Å²) in [6.45, 7) is 4.82. The topological polar surface area (TPSA) is 75.8 Å². The van der Waals surface area contributed by atoms with Gasteiger partial charge in [0.05, 0.1) is 18.2 Å². The molecule has 0 aliphatic carbocycles. The molecule has 0 spiro atoms. The molecule has 134 valence electrons. The molecule has 6 heteroatoms. The van der Waals surface area contributed by atoms with Crippen LogP contribution in [0.15, 0.2) is 42.5 Å². The van der Waals surface area contributed by atoms with Crippen LogP contribution in [0, 0.1) is 11.3 Å². The molecule has 1 heterocycles. The van der Waals surface area contributed by atoms with Crippen molar-refractivity contribution in [2.45, 2.75) is 13.5 Å². The van der Waals surface area contributed by atoms with Gasteiger partial charge in [0.1, 0.15) is 19.8 Å². The van der Waals surface area contributed by atoms with E-state index in [1.807, 2.05) is 31.2 Å². The Morgan fingerprint density at radius 1 is 1.19 bits per heavy atom.